The van der Waals surface area contributed by atoms with Crippen LogP contribution in [0.5, 0.6) is 0 Å². The lowest BCUT2D eigenvalue weighted by atomic mass is 9.70. The smallest absolute Gasteiger partial charge is 0.256 e. The predicted octanol–water partition coefficient (Wildman–Crippen LogP) is -0.115. The molecule has 0 aromatic carbocycles. The van der Waals surface area contributed by atoms with Gasteiger partial charge in [0.25, 0.3) is 5.91 Å². The molecular weight excluding hydrogens is 424 g/mol. The van der Waals surface area contributed by atoms with Crippen LogP contribution in [0.1, 0.15) is 45.4 Å². The molecule has 4 fully saturated rings. The van der Waals surface area contributed by atoms with Crippen molar-refractivity contribution in [3.8, 4) is 0 Å². The molecule has 33 heavy (non-hydrogen) atoms. The van der Waals surface area contributed by atoms with E-state index in [4.69, 9.17) is 9.84 Å². The molecule has 0 radical (unpaired) electrons. The lowest BCUT2D eigenvalue weighted by molar-refractivity contribution is -0.202. The summed E-state index contributed by atoms with van der Waals surface area (Å²) in [5.74, 6) is -0.592. The first kappa shape index (κ1) is 22.8. The second kappa shape index (κ2) is 9.35. The second-order valence-electron chi connectivity index (χ2n) is 10.1. The largest absolute Gasteiger partial charge is 0.395 e. The Morgan fingerprint density at radius 1 is 1.09 bits per heavy atom. The number of carbonyl (C=O) groups excluding carboxylic acids is 3. The van der Waals surface area contributed by atoms with Crippen LogP contribution in [0.3, 0.4) is 0 Å². The number of ketones is 1. The van der Waals surface area contributed by atoms with Crippen LogP contribution in [0.15, 0.2) is 11.8 Å². The van der Waals surface area contributed by atoms with Gasteiger partial charge in [0.05, 0.1) is 36.5 Å². The van der Waals surface area contributed by atoms with Gasteiger partial charge in [-0.3, -0.25) is 19.3 Å². The number of carbonyl (C=O) groups is 3. The summed E-state index contributed by atoms with van der Waals surface area (Å²) in [6, 6.07) is 0.372. The van der Waals surface area contributed by atoms with Gasteiger partial charge in [-0.05, 0) is 25.7 Å². The Balaban J connectivity index is 1.42. The molecule has 9 heteroatoms. The average Bonchev–Trinajstić information content (AvgIpc) is 2.84. The number of morpholine rings is 1. The van der Waals surface area contributed by atoms with E-state index in [0.29, 0.717) is 0 Å². The molecule has 2 N–H and O–H groups in total. The number of ether oxygens (including phenoxy) is 1. The maximum absolute atomic E-state index is 13.4. The Labute approximate surface area is 195 Å². The molecule has 6 unspecified atom stereocenters. The number of aliphatic hydroxyl groups excluding tert-OH is 1. The molecular formula is C24H36N4O5. The van der Waals surface area contributed by atoms with Gasteiger partial charge >= 0.3 is 0 Å². The minimum atomic E-state index is -0.384. The molecule has 0 aromatic rings. The molecule has 0 aromatic heterocycles. The highest BCUT2D eigenvalue weighted by Gasteiger charge is 2.56. The van der Waals surface area contributed by atoms with Crippen LogP contribution in [-0.2, 0) is 19.1 Å². The third kappa shape index (κ3) is 4.08. The number of nitrogens with one attached hydrogen (secondary N) is 1. The van der Waals surface area contributed by atoms with Gasteiger partial charge < -0.3 is 25.0 Å². The van der Waals surface area contributed by atoms with Crippen molar-refractivity contribution in [2.24, 2.45) is 5.92 Å². The Kier molecular flexibility index (Phi) is 6.46. The quantitative estimate of drug-likeness (QED) is 0.564. The van der Waals surface area contributed by atoms with E-state index in [0.717, 1.165) is 64.7 Å². The monoisotopic (exact) mass is 460 g/mol. The summed E-state index contributed by atoms with van der Waals surface area (Å²) >= 11 is 0. The first-order valence-corrected chi connectivity index (χ1v) is 12.6. The number of piperazine rings is 1. The average molecular weight is 461 g/mol. The van der Waals surface area contributed by atoms with Crippen molar-refractivity contribution >= 4 is 17.6 Å². The third-order valence-electron chi connectivity index (χ3n) is 8.38. The summed E-state index contributed by atoms with van der Waals surface area (Å²) in [7, 11) is 0. The van der Waals surface area contributed by atoms with Gasteiger partial charge in [-0.15, -0.1) is 0 Å². The first-order valence-electron chi connectivity index (χ1n) is 12.6. The van der Waals surface area contributed by atoms with Crippen LogP contribution in [0.2, 0.25) is 0 Å². The molecule has 0 bridgehead atoms. The highest BCUT2D eigenvalue weighted by atomic mass is 16.5. The Morgan fingerprint density at radius 2 is 1.85 bits per heavy atom. The zero-order chi connectivity index (χ0) is 23.1. The van der Waals surface area contributed by atoms with Crippen molar-refractivity contribution in [1.82, 2.24) is 20.0 Å². The first-order chi connectivity index (χ1) is 16.0. The van der Waals surface area contributed by atoms with E-state index in [2.05, 4.69) is 15.1 Å². The standard InChI is InChI=1S/C24H36N4O5/c1-15(30)26-9-11-27(12-10-26)19-7-6-16-21-23(19)33-20-5-3-2-4-18(20)28(21)14-17(22(16)31)24(32)25-8-13-29/h14,16,18-21,23,29H,2-13H2,1H3,(H,25,32). The van der Waals surface area contributed by atoms with Gasteiger partial charge in [-0.2, -0.15) is 0 Å². The molecule has 182 valence electrons. The number of fused-ring (bicyclic) bond motifs is 2. The number of nitrogens with zero attached hydrogens (tertiary/aromatic N) is 3. The van der Waals surface area contributed by atoms with Gasteiger partial charge in [0.1, 0.15) is 0 Å². The van der Waals surface area contributed by atoms with Crippen molar-refractivity contribution in [3.63, 3.8) is 0 Å². The molecule has 9 nitrogen and oxygen atoms in total. The topological polar surface area (TPSA) is 102 Å². The van der Waals surface area contributed by atoms with Crippen molar-refractivity contribution in [1.29, 1.82) is 0 Å². The molecule has 0 spiro atoms. The van der Waals surface area contributed by atoms with Crippen molar-refractivity contribution in [3.05, 3.63) is 11.8 Å². The van der Waals surface area contributed by atoms with Crippen molar-refractivity contribution in [2.45, 2.75) is 75.8 Å². The molecule has 2 saturated heterocycles. The van der Waals surface area contributed by atoms with Crippen LogP contribution in [0.25, 0.3) is 0 Å². The van der Waals surface area contributed by atoms with E-state index in [-0.39, 0.29) is 72.6 Å². The Bertz CT molecular complexity index is 824. The third-order valence-corrected chi connectivity index (χ3v) is 8.38. The molecule has 6 atom stereocenters. The van der Waals surface area contributed by atoms with E-state index >= 15 is 0 Å². The molecule has 5 rings (SSSR count). The van der Waals surface area contributed by atoms with Gasteiger partial charge in [0.2, 0.25) is 5.91 Å². The van der Waals surface area contributed by atoms with E-state index < -0.39 is 0 Å². The van der Waals surface area contributed by atoms with Crippen LogP contribution >= 0.6 is 0 Å². The predicted molar refractivity (Wildman–Crippen MR) is 120 cm³/mol. The zero-order valence-corrected chi connectivity index (χ0v) is 19.4. The number of hydrogen-bond acceptors (Lipinski definition) is 7. The maximum Gasteiger partial charge on any atom is 0.256 e. The zero-order valence-electron chi connectivity index (χ0n) is 19.4. The minimum Gasteiger partial charge on any atom is -0.395 e. The second-order valence-corrected chi connectivity index (χ2v) is 10.1. The van der Waals surface area contributed by atoms with E-state index in [1.165, 1.54) is 0 Å². The summed E-state index contributed by atoms with van der Waals surface area (Å²) in [5.41, 5.74) is 0.225. The van der Waals surface area contributed by atoms with Crippen LogP contribution in [0.4, 0.5) is 0 Å². The van der Waals surface area contributed by atoms with E-state index in [1.807, 2.05) is 11.1 Å². The highest BCUT2D eigenvalue weighted by molar-refractivity contribution is 6.20. The maximum atomic E-state index is 13.4. The number of Topliss-reactive ketones (excluding diaryl/α,β-unsaturated/α-hetero) is 1. The fourth-order valence-corrected chi connectivity index (χ4v) is 6.76. The molecule has 3 aliphatic heterocycles. The Hall–Kier alpha value is -1.97. The van der Waals surface area contributed by atoms with Crippen LogP contribution < -0.4 is 5.32 Å². The summed E-state index contributed by atoms with van der Waals surface area (Å²) in [5, 5.41) is 11.8. The molecule has 5 aliphatic rings. The lowest BCUT2D eigenvalue weighted by Crippen LogP contribution is -2.71. The number of amides is 2. The van der Waals surface area contributed by atoms with Gasteiger partial charge in [0, 0.05) is 57.8 Å². The molecule has 3 heterocycles. The van der Waals surface area contributed by atoms with Crippen molar-refractivity contribution in [2.75, 3.05) is 39.3 Å². The normalized spacial score (nSPS) is 36.5. The van der Waals surface area contributed by atoms with E-state index in [9.17, 15) is 14.4 Å². The summed E-state index contributed by atoms with van der Waals surface area (Å²) in [6.45, 7) is 4.74. The van der Waals surface area contributed by atoms with Crippen molar-refractivity contribution < 1.29 is 24.2 Å². The fraction of sp³-hybridized carbons (Fsp3) is 0.792. The lowest BCUT2D eigenvalue weighted by Gasteiger charge is -2.60. The minimum absolute atomic E-state index is 0.0455. The Morgan fingerprint density at radius 3 is 2.58 bits per heavy atom. The SMILES string of the molecule is CC(=O)N1CCN(C2CCC3C(=O)C(C(=O)NCCO)=CN4C5CCCCC5OC2C34)CC1. The fourth-order valence-electron chi connectivity index (χ4n) is 6.76. The van der Waals surface area contributed by atoms with Gasteiger partial charge in [-0.25, -0.2) is 0 Å². The van der Waals surface area contributed by atoms with Crippen LogP contribution in [-0.4, -0.2) is 107 Å². The van der Waals surface area contributed by atoms with Gasteiger partial charge in [0.15, 0.2) is 5.78 Å². The summed E-state index contributed by atoms with van der Waals surface area (Å²) in [6.07, 6.45) is 7.74. The molecule has 2 saturated carbocycles. The number of aliphatic hydroxyl groups is 1. The van der Waals surface area contributed by atoms with Gasteiger partial charge in [-0.1, -0.05) is 12.8 Å². The number of hydrogen-bond donors (Lipinski definition) is 2. The summed E-state index contributed by atoms with van der Waals surface area (Å²) in [4.78, 5) is 44.6. The van der Waals surface area contributed by atoms with E-state index in [1.54, 1.807) is 6.92 Å². The highest BCUT2D eigenvalue weighted by Crippen LogP contribution is 2.46. The van der Waals surface area contributed by atoms with Crippen LogP contribution in [0, 0.1) is 5.92 Å². The molecule has 2 aliphatic carbocycles. The molecule has 2 amide bonds. The summed E-state index contributed by atoms with van der Waals surface area (Å²) < 4.78 is 6.80. The number of rotatable bonds is 4.